The van der Waals surface area contributed by atoms with Crippen LogP contribution in [0.15, 0.2) is 23.1 Å². The van der Waals surface area contributed by atoms with Crippen LogP contribution in [0.25, 0.3) is 0 Å². The van der Waals surface area contributed by atoms with Crippen LogP contribution in [0.3, 0.4) is 0 Å². The predicted octanol–water partition coefficient (Wildman–Crippen LogP) is 2.69. The number of carbonyl (C=O) groups excluding carboxylic acids is 1. The van der Waals surface area contributed by atoms with Gasteiger partial charge in [-0.15, -0.1) is 0 Å². The molecule has 0 saturated carbocycles. The number of alkyl halides is 3. The van der Waals surface area contributed by atoms with Crippen molar-refractivity contribution in [2.24, 2.45) is 0 Å². The fourth-order valence-corrected chi connectivity index (χ4v) is 1.47. The van der Waals surface area contributed by atoms with E-state index in [9.17, 15) is 18.0 Å². The summed E-state index contributed by atoms with van der Waals surface area (Å²) in [6.45, 7) is 0. The van der Waals surface area contributed by atoms with Crippen molar-refractivity contribution in [3.63, 3.8) is 0 Å². The summed E-state index contributed by atoms with van der Waals surface area (Å²) in [5.41, 5.74) is 1.11. The number of nitrogens with two attached hydrogens (primary N) is 1. The van der Waals surface area contributed by atoms with Gasteiger partial charge in [0.05, 0.1) is 0 Å². The molecule has 0 heterocycles. The number of hydrogen-bond donors (Lipinski definition) is 1. The Morgan fingerprint density at radius 3 is 2.50 bits per heavy atom. The zero-order chi connectivity index (χ0) is 10.8. The van der Waals surface area contributed by atoms with E-state index in [0.29, 0.717) is 6.29 Å². The molecule has 0 aromatic heterocycles. The molecule has 0 bridgehead atoms. The molecule has 0 saturated heterocycles. The van der Waals surface area contributed by atoms with Gasteiger partial charge in [0.1, 0.15) is 6.29 Å². The van der Waals surface area contributed by atoms with Gasteiger partial charge in [0, 0.05) is 16.1 Å². The number of halogens is 3. The molecular weight excluding hydrogens is 215 g/mol. The largest absolute Gasteiger partial charge is 0.446 e. The Hall–Kier alpha value is -1.17. The molecular formula is C8H6F3NOS. The summed E-state index contributed by atoms with van der Waals surface area (Å²) in [6, 6.07) is 3.75. The first kappa shape index (κ1) is 10.9. The third-order valence-corrected chi connectivity index (χ3v) is 2.20. The predicted molar refractivity (Wildman–Crippen MR) is 48.2 cm³/mol. The van der Waals surface area contributed by atoms with Crippen LogP contribution in [0, 0.1) is 0 Å². The Bertz CT molecular complexity index is 351. The Morgan fingerprint density at radius 2 is 2.00 bits per heavy atom. The van der Waals surface area contributed by atoms with Crippen molar-refractivity contribution in [2.75, 3.05) is 5.73 Å². The SMILES string of the molecule is Nc1ccc(C=O)cc1SC(F)(F)F. The number of rotatable bonds is 2. The fraction of sp³-hybridized carbons (Fsp3) is 0.125. The standard InChI is InChI=1S/C8H6F3NOS/c9-8(10,11)14-7-3-5(4-13)1-2-6(7)12/h1-4H,12H2. The van der Waals surface area contributed by atoms with E-state index in [0.717, 1.165) is 6.07 Å². The molecule has 0 atom stereocenters. The van der Waals surface area contributed by atoms with Gasteiger partial charge in [-0.05, 0) is 30.0 Å². The molecule has 0 amide bonds. The molecule has 6 heteroatoms. The average molecular weight is 221 g/mol. The molecule has 1 rings (SSSR count). The van der Waals surface area contributed by atoms with Gasteiger partial charge in [-0.1, -0.05) is 0 Å². The molecule has 0 radical (unpaired) electrons. The van der Waals surface area contributed by atoms with Gasteiger partial charge in [-0.25, -0.2) is 0 Å². The zero-order valence-electron chi connectivity index (χ0n) is 6.84. The number of carbonyl (C=O) groups is 1. The lowest BCUT2D eigenvalue weighted by Gasteiger charge is -2.08. The number of hydrogen-bond acceptors (Lipinski definition) is 3. The maximum atomic E-state index is 12.0. The summed E-state index contributed by atoms with van der Waals surface area (Å²) in [6.07, 6.45) is 0.472. The lowest BCUT2D eigenvalue weighted by Crippen LogP contribution is -2.01. The third-order valence-electron chi connectivity index (χ3n) is 1.40. The van der Waals surface area contributed by atoms with Crippen molar-refractivity contribution in [1.29, 1.82) is 0 Å². The van der Waals surface area contributed by atoms with Crippen LogP contribution in [0.4, 0.5) is 18.9 Å². The van der Waals surface area contributed by atoms with E-state index in [1.165, 1.54) is 12.1 Å². The maximum absolute atomic E-state index is 12.0. The van der Waals surface area contributed by atoms with Gasteiger partial charge in [0.15, 0.2) is 0 Å². The van der Waals surface area contributed by atoms with E-state index in [2.05, 4.69) is 0 Å². The first-order chi connectivity index (χ1) is 6.42. The topological polar surface area (TPSA) is 43.1 Å². The third kappa shape index (κ3) is 2.95. The van der Waals surface area contributed by atoms with E-state index in [1.807, 2.05) is 0 Å². The second-order valence-corrected chi connectivity index (χ2v) is 3.57. The molecule has 1 aromatic carbocycles. The second-order valence-electron chi connectivity index (χ2n) is 2.46. The highest BCUT2D eigenvalue weighted by atomic mass is 32.2. The molecule has 0 unspecified atom stereocenters. The smallest absolute Gasteiger partial charge is 0.398 e. The molecule has 0 aliphatic rings. The first-order valence-electron chi connectivity index (χ1n) is 3.53. The number of nitrogen functional groups attached to an aromatic ring is 1. The van der Waals surface area contributed by atoms with Crippen LogP contribution in [-0.2, 0) is 0 Å². The van der Waals surface area contributed by atoms with Crippen molar-refractivity contribution in [3.8, 4) is 0 Å². The molecule has 76 valence electrons. The Labute approximate surface area is 82.3 Å². The second kappa shape index (κ2) is 3.91. The molecule has 0 fully saturated rings. The molecule has 14 heavy (non-hydrogen) atoms. The van der Waals surface area contributed by atoms with Crippen molar-refractivity contribution in [1.82, 2.24) is 0 Å². The summed E-state index contributed by atoms with van der Waals surface area (Å²) in [7, 11) is 0. The number of benzene rings is 1. The van der Waals surface area contributed by atoms with Gasteiger partial charge in [-0.3, -0.25) is 4.79 Å². The van der Waals surface area contributed by atoms with E-state index in [1.54, 1.807) is 0 Å². The van der Waals surface area contributed by atoms with E-state index >= 15 is 0 Å². The molecule has 0 aliphatic heterocycles. The lowest BCUT2D eigenvalue weighted by molar-refractivity contribution is -0.0328. The lowest BCUT2D eigenvalue weighted by atomic mass is 10.2. The molecule has 0 spiro atoms. The van der Waals surface area contributed by atoms with E-state index < -0.39 is 5.51 Å². The molecule has 0 aliphatic carbocycles. The van der Waals surface area contributed by atoms with Crippen LogP contribution < -0.4 is 5.73 Å². The highest BCUT2D eigenvalue weighted by Gasteiger charge is 2.30. The first-order valence-corrected chi connectivity index (χ1v) is 4.34. The Kier molecular flexibility index (Phi) is 3.05. The van der Waals surface area contributed by atoms with Crippen LogP contribution in [0.5, 0.6) is 0 Å². The Morgan fingerprint density at radius 1 is 1.36 bits per heavy atom. The summed E-state index contributed by atoms with van der Waals surface area (Å²) < 4.78 is 35.9. The van der Waals surface area contributed by atoms with Crippen LogP contribution >= 0.6 is 11.8 Å². The van der Waals surface area contributed by atoms with Gasteiger partial charge < -0.3 is 5.73 Å². The van der Waals surface area contributed by atoms with Crippen LogP contribution in [-0.4, -0.2) is 11.8 Å². The van der Waals surface area contributed by atoms with Gasteiger partial charge in [0.2, 0.25) is 0 Å². The molecule has 1 aromatic rings. The highest BCUT2D eigenvalue weighted by Crippen LogP contribution is 2.39. The number of thioether (sulfide) groups is 1. The van der Waals surface area contributed by atoms with Gasteiger partial charge in [0.25, 0.3) is 0 Å². The van der Waals surface area contributed by atoms with Crippen LogP contribution in [0.2, 0.25) is 0 Å². The Balaban J connectivity index is 3.01. The van der Waals surface area contributed by atoms with Gasteiger partial charge in [-0.2, -0.15) is 13.2 Å². The minimum absolute atomic E-state index is 0.0120. The van der Waals surface area contributed by atoms with Gasteiger partial charge >= 0.3 is 5.51 Å². The minimum atomic E-state index is -4.39. The molecule has 2 N–H and O–H groups in total. The zero-order valence-corrected chi connectivity index (χ0v) is 7.65. The quantitative estimate of drug-likeness (QED) is 0.474. The molecule has 2 nitrogen and oxygen atoms in total. The van der Waals surface area contributed by atoms with Crippen molar-refractivity contribution in [3.05, 3.63) is 23.8 Å². The van der Waals surface area contributed by atoms with Crippen molar-refractivity contribution in [2.45, 2.75) is 10.4 Å². The fourth-order valence-electron chi connectivity index (χ4n) is 0.837. The maximum Gasteiger partial charge on any atom is 0.446 e. The average Bonchev–Trinajstić information content (AvgIpc) is 2.06. The normalized spacial score (nSPS) is 11.4. The highest BCUT2D eigenvalue weighted by molar-refractivity contribution is 8.00. The van der Waals surface area contributed by atoms with E-state index in [4.69, 9.17) is 5.73 Å². The summed E-state index contributed by atoms with van der Waals surface area (Å²) in [5, 5.41) is 0. The summed E-state index contributed by atoms with van der Waals surface area (Å²) >= 11 is -0.327. The number of anilines is 1. The summed E-state index contributed by atoms with van der Waals surface area (Å²) in [4.78, 5) is 10.2. The van der Waals surface area contributed by atoms with E-state index in [-0.39, 0.29) is 27.9 Å². The minimum Gasteiger partial charge on any atom is -0.398 e. The summed E-state index contributed by atoms with van der Waals surface area (Å²) in [5.74, 6) is 0. The van der Waals surface area contributed by atoms with Crippen LogP contribution in [0.1, 0.15) is 10.4 Å². The number of aldehydes is 1. The van der Waals surface area contributed by atoms with Crippen molar-refractivity contribution >= 4 is 23.7 Å². The van der Waals surface area contributed by atoms with Crippen molar-refractivity contribution < 1.29 is 18.0 Å². The monoisotopic (exact) mass is 221 g/mol.